The Kier molecular flexibility index (Phi) is 15.5. The average Bonchev–Trinajstić information content (AvgIpc) is 4.10. The van der Waals surface area contributed by atoms with E-state index in [1.54, 1.807) is 31.2 Å². The highest BCUT2D eigenvalue weighted by Crippen LogP contribution is 2.38. The summed E-state index contributed by atoms with van der Waals surface area (Å²) in [5.41, 5.74) is 2.15. The number of nitrogens with one attached hydrogen (secondary N) is 2. The molecule has 0 bridgehead atoms. The fraction of sp³-hybridized carbons (Fsp3) is 0.647. The van der Waals surface area contributed by atoms with Crippen LogP contribution < -0.4 is 10.6 Å². The standard InChI is InChI=1S/C29H41N3O4.C22H35N3O4/c1-7-19(2)28-24(36-29(4,5)6)16-26(34)32(28)22-13-14-31(17-22)23-15-25(33)30-27(23)20(3)35-18-21-11-9-8-10-12-21;1-7-13(2)21-17(29-22(4,5)6)11-19(28)25(21)15-8-9-24(12-15)16-10-18(27)23-20(16)14(3)26/h8-12,15-16,19-20,22,27-28H,7,13-14,17-18H2,1-6H3,(H,30,33);10-11,13-15,20-21,26H,7-9,12H2,1-6H3,(H,23,27)/t19-,20+,22-,27-,28-;13-,14+,15-,20-,21-/m00/s1. The summed E-state index contributed by atoms with van der Waals surface area (Å²) < 4.78 is 18.6. The third-order valence-electron chi connectivity index (χ3n) is 13.4. The molecular weight excluding hydrogens is 825 g/mol. The molecule has 6 aliphatic heterocycles. The zero-order valence-electron chi connectivity index (χ0n) is 40.9. The van der Waals surface area contributed by atoms with Crippen LogP contribution >= 0.6 is 0 Å². The van der Waals surface area contributed by atoms with Crippen molar-refractivity contribution >= 4 is 23.6 Å². The lowest BCUT2D eigenvalue weighted by molar-refractivity contribution is -0.130. The van der Waals surface area contributed by atoms with Crippen molar-refractivity contribution < 1.29 is 38.5 Å². The van der Waals surface area contributed by atoms with Gasteiger partial charge in [-0.1, -0.05) is 70.9 Å². The van der Waals surface area contributed by atoms with E-state index in [-0.39, 0.29) is 89.0 Å². The van der Waals surface area contributed by atoms with Gasteiger partial charge in [0.2, 0.25) is 11.8 Å². The molecule has 0 spiro atoms. The monoisotopic (exact) mass is 901 g/mol. The molecule has 0 radical (unpaired) electrons. The molecular formula is C51H76N6O8. The number of amides is 4. The van der Waals surface area contributed by atoms with Crippen molar-refractivity contribution in [1.82, 2.24) is 30.2 Å². The smallest absolute Gasteiger partial charge is 0.250 e. The van der Waals surface area contributed by atoms with Gasteiger partial charge >= 0.3 is 0 Å². The Hall–Kier alpha value is -4.82. The normalized spacial score (nSPS) is 27.7. The van der Waals surface area contributed by atoms with Crippen LogP contribution in [0, 0.1) is 11.8 Å². The number of hydrogen-bond donors (Lipinski definition) is 3. The lowest BCUT2D eigenvalue weighted by Gasteiger charge is -2.37. The molecule has 7 rings (SSSR count). The Morgan fingerprint density at radius 1 is 0.662 bits per heavy atom. The maximum absolute atomic E-state index is 13.2. The highest BCUT2D eigenvalue weighted by molar-refractivity contribution is 5.93. The van der Waals surface area contributed by atoms with Gasteiger partial charge < -0.3 is 49.6 Å². The maximum atomic E-state index is 13.2. The van der Waals surface area contributed by atoms with E-state index in [9.17, 15) is 24.3 Å². The van der Waals surface area contributed by atoms with Crippen molar-refractivity contribution in [3.63, 3.8) is 0 Å². The summed E-state index contributed by atoms with van der Waals surface area (Å²) in [6.07, 6.45) is 9.35. The van der Waals surface area contributed by atoms with Crippen LogP contribution in [-0.4, -0.2) is 134 Å². The molecule has 2 saturated heterocycles. The zero-order valence-corrected chi connectivity index (χ0v) is 40.9. The molecule has 358 valence electrons. The first-order valence-corrected chi connectivity index (χ1v) is 23.9. The molecule has 1 aromatic carbocycles. The molecule has 0 aliphatic carbocycles. The number of hydrogen-bond acceptors (Lipinski definition) is 10. The number of nitrogens with zero attached hydrogens (tertiary/aromatic N) is 4. The highest BCUT2D eigenvalue weighted by Gasteiger charge is 2.47. The van der Waals surface area contributed by atoms with Crippen molar-refractivity contribution in [2.45, 2.75) is 175 Å². The molecule has 65 heavy (non-hydrogen) atoms. The van der Waals surface area contributed by atoms with E-state index >= 15 is 0 Å². The first-order chi connectivity index (χ1) is 30.6. The van der Waals surface area contributed by atoms with Gasteiger partial charge in [-0.3, -0.25) is 19.2 Å². The minimum Gasteiger partial charge on any atom is -0.490 e. The van der Waals surface area contributed by atoms with Gasteiger partial charge in [-0.05, 0) is 85.6 Å². The molecule has 2 fully saturated rings. The number of rotatable bonds is 15. The van der Waals surface area contributed by atoms with Crippen LogP contribution in [-0.2, 0) is 40.0 Å². The first-order valence-electron chi connectivity index (χ1n) is 23.9. The van der Waals surface area contributed by atoms with Gasteiger partial charge in [0.15, 0.2) is 0 Å². The zero-order chi connectivity index (χ0) is 47.5. The number of aliphatic hydroxyl groups is 1. The third-order valence-corrected chi connectivity index (χ3v) is 13.4. The van der Waals surface area contributed by atoms with E-state index in [1.807, 2.05) is 88.6 Å². The number of benzene rings is 1. The SMILES string of the molecule is CC[C@H](C)[C@H]1C(OC(C)(C)C)=CC(=O)N1[C@H]1CCN(C2=CC(=O)N[C@H]2[C@@H](C)O)C1.CC[C@H](C)[C@H]1C(OC(C)(C)C)=CC(=O)N1[C@H]1CCN(C2=CC(=O)N[C@H]2[C@@H](C)OCc2ccccc2)C1. The van der Waals surface area contributed by atoms with Crippen LogP contribution in [0.25, 0.3) is 0 Å². The van der Waals surface area contributed by atoms with Gasteiger partial charge in [0.05, 0.1) is 55.1 Å². The van der Waals surface area contributed by atoms with E-state index in [0.717, 1.165) is 67.2 Å². The van der Waals surface area contributed by atoms with E-state index in [2.05, 4.69) is 48.1 Å². The van der Waals surface area contributed by atoms with Gasteiger partial charge in [-0.25, -0.2) is 0 Å². The van der Waals surface area contributed by atoms with Gasteiger partial charge in [-0.2, -0.15) is 0 Å². The Morgan fingerprint density at radius 3 is 1.51 bits per heavy atom. The fourth-order valence-electron chi connectivity index (χ4n) is 9.96. The summed E-state index contributed by atoms with van der Waals surface area (Å²) in [4.78, 5) is 58.8. The number of carbonyl (C=O) groups excluding carboxylic acids is 4. The van der Waals surface area contributed by atoms with Crippen LogP contribution in [0.1, 0.15) is 114 Å². The Labute approximate surface area is 387 Å². The molecule has 1 aromatic rings. The summed E-state index contributed by atoms with van der Waals surface area (Å²) >= 11 is 0. The van der Waals surface area contributed by atoms with Crippen molar-refractivity contribution in [3.8, 4) is 0 Å². The highest BCUT2D eigenvalue weighted by atomic mass is 16.5. The summed E-state index contributed by atoms with van der Waals surface area (Å²) in [5.74, 6) is 1.86. The lowest BCUT2D eigenvalue weighted by Crippen LogP contribution is -2.48. The van der Waals surface area contributed by atoms with Gasteiger partial charge in [0, 0.05) is 61.9 Å². The maximum Gasteiger partial charge on any atom is 0.250 e. The van der Waals surface area contributed by atoms with Crippen LogP contribution in [0.5, 0.6) is 0 Å². The summed E-state index contributed by atoms with van der Waals surface area (Å²) in [7, 11) is 0. The molecule has 6 aliphatic rings. The minimum absolute atomic E-state index is 0.00285. The molecule has 3 N–H and O–H groups in total. The Balaban J connectivity index is 0.000000221. The van der Waals surface area contributed by atoms with Crippen molar-refractivity contribution in [1.29, 1.82) is 0 Å². The van der Waals surface area contributed by atoms with E-state index in [1.165, 1.54) is 0 Å². The largest absolute Gasteiger partial charge is 0.490 e. The first kappa shape index (κ1) is 49.6. The summed E-state index contributed by atoms with van der Waals surface area (Å²) in [6.45, 7) is 27.8. The van der Waals surface area contributed by atoms with Crippen molar-refractivity contribution in [3.05, 3.63) is 83.1 Å². The molecule has 10 atom stereocenters. The van der Waals surface area contributed by atoms with Crippen molar-refractivity contribution in [2.24, 2.45) is 11.8 Å². The van der Waals surface area contributed by atoms with Gasteiger partial charge in [0.25, 0.3) is 11.8 Å². The van der Waals surface area contributed by atoms with Crippen LogP contribution in [0.3, 0.4) is 0 Å². The quantitative estimate of drug-likeness (QED) is 0.198. The molecule has 6 heterocycles. The van der Waals surface area contributed by atoms with Crippen LogP contribution in [0.2, 0.25) is 0 Å². The van der Waals surface area contributed by atoms with E-state index in [4.69, 9.17) is 14.2 Å². The second-order valence-electron chi connectivity index (χ2n) is 20.8. The molecule has 0 aromatic heterocycles. The molecule has 0 unspecified atom stereocenters. The van der Waals surface area contributed by atoms with Crippen LogP contribution in [0.4, 0.5) is 0 Å². The molecule has 14 nitrogen and oxygen atoms in total. The molecule has 0 saturated carbocycles. The average molecular weight is 901 g/mol. The van der Waals surface area contributed by atoms with E-state index < -0.39 is 6.10 Å². The Morgan fingerprint density at radius 2 is 1.09 bits per heavy atom. The third kappa shape index (κ3) is 11.8. The second-order valence-corrected chi connectivity index (χ2v) is 20.8. The van der Waals surface area contributed by atoms with Gasteiger partial charge in [0.1, 0.15) is 22.7 Å². The number of aliphatic hydroxyl groups excluding tert-OH is 1. The van der Waals surface area contributed by atoms with Crippen LogP contribution in [0.15, 0.2) is 77.5 Å². The minimum atomic E-state index is -0.665. The molecule has 4 amide bonds. The second kappa shape index (κ2) is 20.4. The summed E-state index contributed by atoms with van der Waals surface area (Å²) in [6, 6.07) is 9.43. The van der Waals surface area contributed by atoms with Gasteiger partial charge in [-0.15, -0.1) is 0 Å². The van der Waals surface area contributed by atoms with E-state index in [0.29, 0.717) is 19.7 Å². The lowest BCUT2D eigenvalue weighted by atomic mass is 9.96. The molecule has 14 heteroatoms. The Bertz CT molecular complexity index is 2020. The number of ether oxygens (including phenoxy) is 3. The topological polar surface area (TPSA) is 153 Å². The fourth-order valence-corrected chi connectivity index (χ4v) is 9.96. The number of likely N-dealkylation sites (tertiary alicyclic amines) is 2. The summed E-state index contributed by atoms with van der Waals surface area (Å²) in [5, 5.41) is 15.9. The predicted octanol–water partition coefficient (Wildman–Crippen LogP) is 5.78. The predicted molar refractivity (Wildman–Crippen MR) is 250 cm³/mol. The van der Waals surface area contributed by atoms with Crippen molar-refractivity contribution in [2.75, 3.05) is 26.2 Å². The number of carbonyl (C=O) groups is 4.